The highest BCUT2D eigenvalue weighted by atomic mass is 32.1. The molecule has 0 fully saturated rings. The van der Waals surface area contributed by atoms with E-state index in [-0.39, 0.29) is 0 Å². The van der Waals surface area contributed by atoms with E-state index < -0.39 is 0 Å². The standard InChI is InChI=1S/C13H18N4S/c1-10-5-4-6-11(7-10)8-17(3)9-12-13(14-2)18-16-15-12/h4-7,14H,8-9H2,1-3H3. The Bertz CT molecular complexity index is 509. The molecule has 0 unspecified atom stereocenters. The molecule has 1 aromatic heterocycles. The van der Waals surface area contributed by atoms with E-state index in [9.17, 15) is 0 Å². The maximum Gasteiger partial charge on any atom is 0.134 e. The van der Waals surface area contributed by atoms with Gasteiger partial charge >= 0.3 is 0 Å². The minimum atomic E-state index is 0.806. The van der Waals surface area contributed by atoms with Gasteiger partial charge in [0.05, 0.1) is 0 Å². The zero-order valence-electron chi connectivity index (χ0n) is 11.0. The molecule has 5 heteroatoms. The van der Waals surface area contributed by atoms with E-state index in [2.05, 4.69) is 58.0 Å². The van der Waals surface area contributed by atoms with Crippen LogP contribution in [0.2, 0.25) is 0 Å². The van der Waals surface area contributed by atoms with E-state index in [1.54, 1.807) is 0 Å². The summed E-state index contributed by atoms with van der Waals surface area (Å²) in [7, 11) is 4.00. The van der Waals surface area contributed by atoms with Crippen molar-refractivity contribution in [1.82, 2.24) is 14.5 Å². The Kier molecular flexibility index (Phi) is 4.28. The van der Waals surface area contributed by atoms with Gasteiger partial charge in [-0.15, -0.1) is 5.10 Å². The SMILES string of the molecule is CNc1snnc1CN(C)Cc1cccc(C)c1. The lowest BCUT2D eigenvalue weighted by Crippen LogP contribution is -2.18. The van der Waals surface area contributed by atoms with Gasteiger partial charge in [0.2, 0.25) is 0 Å². The van der Waals surface area contributed by atoms with Gasteiger partial charge in [-0.25, -0.2) is 0 Å². The Labute approximate surface area is 112 Å². The van der Waals surface area contributed by atoms with Gasteiger partial charge in [-0.2, -0.15) is 0 Å². The van der Waals surface area contributed by atoms with Gasteiger partial charge in [0.1, 0.15) is 10.7 Å². The van der Waals surface area contributed by atoms with Crippen LogP contribution in [0.15, 0.2) is 24.3 Å². The number of hydrogen-bond donors (Lipinski definition) is 1. The number of nitrogens with zero attached hydrogens (tertiary/aromatic N) is 3. The Balaban J connectivity index is 1.98. The molecule has 0 aliphatic heterocycles. The smallest absolute Gasteiger partial charge is 0.134 e. The van der Waals surface area contributed by atoms with Crippen LogP contribution < -0.4 is 5.32 Å². The zero-order chi connectivity index (χ0) is 13.0. The summed E-state index contributed by atoms with van der Waals surface area (Å²) < 4.78 is 3.97. The summed E-state index contributed by atoms with van der Waals surface area (Å²) in [5.41, 5.74) is 3.64. The van der Waals surface area contributed by atoms with Crippen molar-refractivity contribution in [2.24, 2.45) is 0 Å². The van der Waals surface area contributed by atoms with Gasteiger partial charge in [0.15, 0.2) is 0 Å². The van der Waals surface area contributed by atoms with Crippen molar-refractivity contribution in [1.29, 1.82) is 0 Å². The van der Waals surface area contributed by atoms with Crippen molar-refractivity contribution in [2.45, 2.75) is 20.0 Å². The lowest BCUT2D eigenvalue weighted by Gasteiger charge is -2.16. The van der Waals surface area contributed by atoms with Gasteiger partial charge in [0.25, 0.3) is 0 Å². The third kappa shape index (κ3) is 3.27. The first-order valence-corrected chi connectivity index (χ1v) is 6.69. The Morgan fingerprint density at radius 2 is 2.17 bits per heavy atom. The van der Waals surface area contributed by atoms with Gasteiger partial charge in [-0.3, -0.25) is 4.90 Å². The Morgan fingerprint density at radius 3 is 2.89 bits per heavy atom. The predicted molar refractivity (Wildman–Crippen MR) is 75.8 cm³/mol. The average molecular weight is 262 g/mol. The molecule has 0 amide bonds. The molecule has 0 aliphatic carbocycles. The molecule has 1 N–H and O–H groups in total. The number of nitrogens with one attached hydrogen (secondary N) is 1. The van der Waals surface area contributed by atoms with E-state index in [1.807, 2.05) is 7.05 Å². The molecule has 0 saturated carbocycles. The molecular weight excluding hydrogens is 244 g/mol. The van der Waals surface area contributed by atoms with E-state index >= 15 is 0 Å². The molecule has 0 bridgehead atoms. The first kappa shape index (κ1) is 13.0. The second kappa shape index (κ2) is 5.93. The monoisotopic (exact) mass is 262 g/mol. The molecule has 2 aromatic rings. The van der Waals surface area contributed by atoms with Crippen LogP contribution in [0.3, 0.4) is 0 Å². The number of benzene rings is 1. The second-order valence-corrected chi connectivity index (χ2v) is 5.21. The fourth-order valence-corrected chi connectivity index (χ4v) is 2.46. The maximum atomic E-state index is 4.15. The van der Waals surface area contributed by atoms with E-state index in [0.29, 0.717) is 0 Å². The molecule has 0 aliphatic rings. The second-order valence-electron chi connectivity index (χ2n) is 4.46. The van der Waals surface area contributed by atoms with Crippen LogP contribution in [0, 0.1) is 6.92 Å². The fourth-order valence-electron chi connectivity index (χ4n) is 1.94. The van der Waals surface area contributed by atoms with Gasteiger partial charge in [-0.1, -0.05) is 34.3 Å². The summed E-state index contributed by atoms with van der Waals surface area (Å²) in [6.07, 6.45) is 0. The van der Waals surface area contributed by atoms with E-state index in [4.69, 9.17) is 0 Å². The van der Waals surface area contributed by atoms with Crippen molar-refractivity contribution in [2.75, 3.05) is 19.4 Å². The third-order valence-corrected chi connectivity index (χ3v) is 3.52. The predicted octanol–water partition coefficient (Wildman–Crippen LogP) is 2.52. The lowest BCUT2D eigenvalue weighted by molar-refractivity contribution is 0.315. The van der Waals surface area contributed by atoms with E-state index in [1.165, 1.54) is 22.7 Å². The molecule has 18 heavy (non-hydrogen) atoms. The van der Waals surface area contributed by atoms with Gasteiger partial charge in [-0.05, 0) is 19.5 Å². The highest BCUT2D eigenvalue weighted by Gasteiger charge is 2.09. The fraction of sp³-hybridized carbons (Fsp3) is 0.385. The Morgan fingerprint density at radius 1 is 1.33 bits per heavy atom. The minimum absolute atomic E-state index is 0.806. The van der Waals surface area contributed by atoms with Crippen LogP contribution in [0.25, 0.3) is 0 Å². The molecular formula is C13H18N4S. The topological polar surface area (TPSA) is 41.1 Å². The van der Waals surface area contributed by atoms with Crippen LogP contribution in [-0.4, -0.2) is 28.6 Å². The zero-order valence-corrected chi connectivity index (χ0v) is 11.8. The average Bonchev–Trinajstić information content (AvgIpc) is 2.76. The number of anilines is 1. The van der Waals surface area contributed by atoms with Crippen LogP contribution in [0.1, 0.15) is 16.8 Å². The minimum Gasteiger partial charge on any atom is -0.377 e. The maximum absolute atomic E-state index is 4.15. The Hall–Kier alpha value is -1.46. The van der Waals surface area contributed by atoms with Crippen LogP contribution >= 0.6 is 11.5 Å². The van der Waals surface area contributed by atoms with Crippen molar-refractivity contribution in [3.05, 3.63) is 41.1 Å². The van der Waals surface area contributed by atoms with Gasteiger partial charge < -0.3 is 5.32 Å². The molecule has 4 nitrogen and oxygen atoms in total. The van der Waals surface area contributed by atoms with Crippen molar-refractivity contribution < 1.29 is 0 Å². The van der Waals surface area contributed by atoms with Crippen molar-refractivity contribution in [3.8, 4) is 0 Å². The van der Waals surface area contributed by atoms with Crippen LogP contribution in [0.5, 0.6) is 0 Å². The number of hydrogen-bond acceptors (Lipinski definition) is 5. The normalized spacial score (nSPS) is 10.9. The number of aryl methyl sites for hydroxylation is 1. The first-order valence-electron chi connectivity index (χ1n) is 5.92. The van der Waals surface area contributed by atoms with Crippen molar-refractivity contribution >= 4 is 16.5 Å². The van der Waals surface area contributed by atoms with Crippen LogP contribution in [-0.2, 0) is 13.1 Å². The number of aromatic nitrogens is 2. The largest absolute Gasteiger partial charge is 0.377 e. The van der Waals surface area contributed by atoms with E-state index in [0.717, 1.165) is 23.8 Å². The molecule has 0 radical (unpaired) electrons. The van der Waals surface area contributed by atoms with Crippen LogP contribution in [0.4, 0.5) is 5.00 Å². The summed E-state index contributed by atoms with van der Waals surface area (Å²) >= 11 is 1.40. The molecule has 2 rings (SSSR count). The summed E-state index contributed by atoms with van der Waals surface area (Å²) in [6, 6.07) is 8.59. The highest BCUT2D eigenvalue weighted by molar-refractivity contribution is 7.10. The lowest BCUT2D eigenvalue weighted by atomic mass is 10.1. The molecule has 96 valence electrons. The quantitative estimate of drug-likeness (QED) is 0.899. The summed E-state index contributed by atoms with van der Waals surface area (Å²) in [5.74, 6) is 0. The molecule has 0 atom stereocenters. The molecule has 1 heterocycles. The highest BCUT2D eigenvalue weighted by Crippen LogP contribution is 2.18. The molecule has 0 spiro atoms. The summed E-state index contributed by atoms with van der Waals surface area (Å²) in [5, 5.41) is 8.32. The molecule has 1 aromatic carbocycles. The van der Waals surface area contributed by atoms with Gasteiger partial charge in [0, 0.05) is 31.7 Å². The first-order chi connectivity index (χ1) is 8.69. The van der Waals surface area contributed by atoms with Crippen molar-refractivity contribution in [3.63, 3.8) is 0 Å². The summed E-state index contributed by atoms with van der Waals surface area (Å²) in [4.78, 5) is 2.24. The third-order valence-electron chi connectivity index (χ3n) is 2.74. The molecule has 0 saturated heterocycles. The summed E-state index contributed by atoms with van der Waals surface area (Å²) in [6.45, 7) is 3.84. The number of rotatable bonds is 5.